The quantitative estimate of drug-likeness (QED) is 0.891. The molecule has 0 aliphatic rings. The van der Waals surface area contributed by atoms with Gasteiger partial charge in [-0.2, -0.15) is 0 Å². The summed E-state index contributed by atoms with van der Waals surface area (Å²) >= 11 is 6.09. The van der Waals surface area contributed by atoms with Crippen LogP contribution >= 0.6 is 11.6 Å². The van der Waals surface area contributed by atoms with E-state index in [1.807, 2.05) is 0 Å². The summed E-state index contributed by atoms with van der Waals surface area (Å²) in [5.41, 5.74) is 6.62. The topological polar surface area (TPSA) is 44.5 Å². The van der Waals surface area contributed by atoms with Crippen LogP contribution in [0.4, 0.5) is 13.2 Å². The van der Waals surface area contributed by atoms with E-state index in [4.69, 9.17) is 22.1 Å². The number of alkyl halides is 3. The van der Waals surface area contributed by atoms with Gasteiger partial charge in [-0.15, -0.1) is 13.2 Å². The lowest BCUT2D eigenvalue weighted by Gasteiger charge is -2.15. The van der Waals surface area contributed by atoms with Crippen LogP contribution in [-0.4, -0.2) is 19.5 Å². The van der Waals surface area contributed by atoms with Crippen LogP contribution in [0.15, 0.2) is 42.5 Å². The Morgan fingerprint density at radius 3 is 2.41 bits per heavy atom. The summed E-state index contributed by atoms with van der Waals surface area (Å²) in [5.74, 6) is -0.461. The highest BCUT2D eigenvalue weighted by atomic mass is 35.5. The molecule has 0 amide bonds. The Labute approximate surface area is 130 Å². The molecule has 2 aromatic carbocycles. The Balaban J connectivity index is 2.40. The minimum Gasteiger partial charge on any atom is -0.488 e. The molecule has 118 valence electrons. The monoisotopic (exact) mass is 331 g/mol. The molecule has 0 bridgehead atoms. The molecule has 0 aliphatic carbocycles. The molecule has 0 radical (unpaired) electrons. The molecule has 0 aromatic heterocycles. The number of benzene rings is 2. The van der Waals surface area contributed by atoms with Gasteiger partial charge in [-0.1, -0.05) is 35.9 Å². The molecular weight excluding hydrogens is 319 g/mol. The molecule has 0 heterocycles. The fourth-order valence-corrected chi connectivity index (χ4v) is 2.11. The van der Waals surface area contributed by atoms with E-state index >= 15 is 0 Å². The fraction of sp³-hybridized carbons (Fsp3) is 0.200. The first kappa shape index (κ1) is 16.5. The minimum atomic E-state index is -4.80. The second-order valence-electron chi connectivity index (χ2n) is 4.33. The van der Waals surface area contributed by atoms with Gasteiger partial charge in [0.2, 0.25) is 0 Å². The van der Waals surface area contributed by atoms with E-state index in [-0.39, 0.29) is 18.9 Å². The summed E-state index contributed by atoms with van der Waals surface area (Å²) in [7, 11) is 0. The van der Waals surface area contributed by atoms with Crippen LogP contribution in [0.1, 0.15) is 0 Å². The first-order valence-electron chi connectivity index (χ1n) is 6.38. The maximum Gasteiger partial charge on any atom is 0.573 e. The molecule has 0 saturated carbocycles. The predicted octanol–water partition coefficient (Wildman–Crippen LogP) is 4.24. The van der Waals surface area contributed by atoms with Gasteiger partial charge in [-0.05, 0) is 23.8 Å². The summed E-state index contributed by atoms with van der Waals surface area (Å²) in [4.78, 5) is 0. The molecular formula is C15H13ClF3NO2. The largest absolute Gasteiger partial charge is 0.573 e. The van der Waals surface area contributed by atoms with Crippen molar-refractivity contribution in [2.75, 3.05) is 13.2 Å². The van der Waals surface area contributed by atoms with E-state index in [2.05, 4.69) is 4.74 Å². The van der Waals surface area contributed by atoms with Crippen LogP contribution in [0.5, 0.6) is 11.5 Å². The van der Waals surface area contributed by atoms with Gasteiger partial charge in [0.25, 0.3) is 0 Å². The van der Waals surface area contributed by atoms with Gasteiger partial charge in [0, 0.05) is 17.1 Å². The highest BCUT2D eigenvalue weighted by molar-refractivity contribution is 6.33. The number of nitrogens with two attached hydrogens (primary N) is 1. The van der Waals surface area contributed by atoms with Gasteiger partial charge in [0.05, 0.1) is 0 Å². The Morgan fingerprint density at radius 2 is 1.77 bits per heavy atom. The summed E-state index contributed by atoms with van der Waals surface area (Å²) in [6.07, 6.45) is -4.80. The lowest BCUT2D eigenvalue weighted by atomic mass is 10.1. The molecule has 7 heteroatoms. The molecule has 0 unspecified atom stereocenters. The Morgan fingerprint density at radius 1 is 1.05 bits per heavy atom. The average molecular weight is 332 g/mol. The average Bonchev–Trinajstić information content (AvgIpc) is 2.45. The first-order valence-corrected chi connectivity index (χ1v) is 6.76. The Hall–Kier alpha value is -1.92. The van der Waals surface area contributed by atoms with Gasteiger partial charge in [-0.25, -0.2) is 0 Å². The van der Waals surface area contributed by atoms with Crippen molar-refractivity contribution >= 4 is 11.6 Å². The number of rotatable bonds is 5. The Bertz CT molecular complexity index is 647. The van der Waals surface area contributed by atoms with Gasteiger partial charge in [0.1, 0.15) is 6.61 Å². The van der Waals surface area contributed by atoms with Crippen molar-refractivity contribution in [3.05, 3.63) is 47.5 Å². The zero-order valence-corrected chi connectivity index (χ0v) is 12.1. The Kier molecular flexibility index (Phi) is 5.15. The second-order valence-corrected chi connectivity index (χ2v) is 4.73. The van der Waals surface area contributed by atoms with Crippen molar-refractivity contribution in [1.29, 1.82) is 0 Å². The predicted molar refractivity (Wildman–Crippen MR) is 78.1 cm³/mol. The third-order valence-electron chi connectivity index (χ3n) is 2.73. The molecule has 0 spiro atoms. The van der Waals surface area contributed by atoms with Crippen LogP contribution in [0, 0.1) is 0 Å². The summed E-state index contributed by atoms with van der Waals surface area (Å²) < 4.78 is 46.4. The van der Waals surface area contributed by atoms with E-state index in [0.717, 1.165) is 0 Å². The molecule has 2 rings (SSSR count). The molecule has 2 N–H and O–H groups in total. The number of halogens is 4. The molecule has 22 heavy (non-hydrogen) atoms. The molecule has 0 atom stereocenters. The lowest BCUT2D eigenvalue weighted by Crippen LogP contribution is -2.18. The molecule has 0 fully saturated rings. The standard InChI is InChI=1S/C15H13ClF3NO2/c16-12-4-2-1-3-11(12)10-5-6-13(22-15(17,18)19)14(9-10)21-8-7-20/h1-6,9H,7-8,20H2. The summed E-state index contributed by atoms with van der Waals surface area (Å²) in [6.45, 7) is 0.238. The van der Waals surface area contributed by atoms with E-state index in [9.17, 15) is 13.2 Å². The summed E-state index contributed by atoms with van der Waals surface area (Å²) in [6, 6.07) is 11.1. The van der Waals surface area contributed by atoms with Crippen molar-refractivity contribution in [3.8, 4) is 22.6 Å². The lowest BCUT2D eigenvalue weighted by molar-refractivity contribution is -0.275. The first-order chi connectivity index (χ1) is 10.4. The maximum absolute atomic E-state index is 12.4. The molecule has 0 aliphatic heterocycles. The van der Waals surface area contributed by atoms with E-state index < -0.39 is 12.1 Å². The maximum atomic E-state index is 12.4. The van der Waals surface area contributed by atoms with Crippen LogP contribution in [-0.2, 0) is 0 Å². The second kappa shape index (κ2) is 6.89. The van der Waals surface area contributed by atoms with Crippen LogP contribution in [0.2, 0.25) is 5.02 Å². The fourth-order valence-electron chi connectivity index (χ4n) is 1.86. The minimum absolute atomic E-state index is 0.0415. The number of ether oxygens (including phenoxy) is 2. The van der Waals surface area contributed by atoms with Crippen molar-refractivity contribution in [1.82, 2.24) is 0 Å². The van der Waals surface area contributed by atoms with Crippen molar-refractivity contribution in [3.63, 3.8) is 0 Å². The zero-order valence-electron chi connectivity index (χ0n) is 11.4. The molecule has 0 saturated heterocycles. The third kappa shape index (κ3) is 4.29. The summed E-state index contributed by atoms with van der Waals surface area (Å²) in [5, 5.41) is 0.483. The van der Waals surface area contributed by atoms with Gasteiger partial charge >= 0.3 is 6.36 Å². The van der Waals surface area contributed by atoms with Gasteiger partial charge in [0.15, 0.2) is 11.5 Å². The SMILES string of the molecule is NCCOc1cc(-c2ccccc2Cl)ccc1OC(F)(F)F. The highest BCUT2D eigenvalue weighted by Crippen LogP contribution is 2.37. The van der Waals surface area contributed by atoms with Crippen LogP contribution < -0.4 is 15.2 Å². The number of hydrogen-bond acceptors (Lipinski definition) is 3. The van der Waals surface area contributed by atoms with Crippen molar-refractivity contribution < 1.29 is 22.6 Å². The number of hydrogen-bond donors (Lipinski definition) is 1. The van der Waals surface area contributed by atoms with Crippen molar-refractivity contribution in [2.45, 2.75) is 6.36 Å². The van der Waals surface area contributed by atoms with E-state index in [0.29, 0.717) is 16.1 Å². The highest BCUT2D eigenvalue weighted by Gasteiger charge is 2.32. The smallest absolute Gasteiger partial charge is 0.488 e. The molecule has 2 aromatic rings. The van der Waals surface area contributed by atoms with E-state index in [1.54, 1.807) is 24.3 Å². The normalized spacial score (nSPS) is 11.3. The van der Waals surface area contributed by atoms with E-state index in [1.165, 1.54) is 18.2 Å². The third-order valence-corrected chi connectivity index (χ3v) is 3.06. The van der Waals surface area contributed by atoms with Gasteiger partial charge in [-0.3, -0.25) is 0 Å². The van der Waals surface area contributed by atoms with Crippen molar-refractivity contribution in [2.24, 2.45) is 5.73 Å². The molecule has 3 nitrogen and oxygen atoms in total. The van der Waals surface area contributed by atoms with Gasteiger partial charge < -0.3 is 15.2 Å². The van der Waals surface area contributed by atoms with Crippen LogP contribution in [0.3, 0.4) is 0 Å². The zero-order chi connectivity index (χ0) is 16.2. The van der Waals surface area contributed by atoms with Crippen LogP contribution in [0.25, 0.3) is 11.1 Å².